The normalized spacial score (nSPS) is 14.1. The second-order valence-corrected chi connectivity index (χ2v) is 8.23. The minimum atomic E-state index is -0.950. The van der Waals surface area contributed by atoms with Crippen molar-refractivity contribution in [1.82, 2.24) is 10.6 Å². The van der Waals surface area contributed by atoms with Crippen LogP contribution in [0.25, 0.3) is 11.1 Å². The van der Waals surface area contributed by atoms with Crippen molar-refractivity contribution in [2.75, 3.05) is 6.61 Å². The van der Waals surface area contributed by atoms with Crippen LogP contribution >= 0.6 is 0 Å². The number of alkyl carbamates (subject to hydrolysis) is 1. The Morgan fingerprint density at radius 1 is 0.969 bits per heavy atom. The number of benzene rings is 2. The maximum atomic E-state index is 12.3. The van der Waals surface area contributed by atoms with Gasteiger partial charge in [0.2, 0.25) is 5.91 Å². The summed E-state index contributed by atoms with van der Waals surface area (Å²) in [5, 5.41) is 14.4. The number of ether oxygens (including phenoxy) is 1. The molecular weight excluding hydrogens is 408 g/mol. The van der Waals surface area contributed by atoms with E-state index >= 15 is 0 Å². The summed E-state index contributed by atoms with van der Waals surface area (Å²) >= 11 is 0. The Morgan fingerprint density at radius 3 is 2.12 bits per heavy atom. The molecule has 0 saturated heterocycles. The van der Waals surface area contributed by atoms with Gasteiger partial charge in [-0.15, -0.1) is 0 Å². The van der Waals surface area contributed by atoms with Crippen molar-refractivity contribution in [3.63, 3.8) is 0 Å². The Morgan fingerprint density at radius 2 is 1.56 bits per heavy atom. The van der Waals surface area contributed by atoms with Gasteiger partial charge in [0.05, 0.1) is 6.42 Å². The van der Waals surface area contributed by atoms with Crippen molar-refractivity contribution >= 4 is 18.0 Å². The number of nitrogens with one attached hydrogen (secondary N) is 2. The molecule has 0 fully saturated rings. The number of carbonyl (C=O) groups is 3. The van der Waals surface area contributed by atoms with Gasteiger partial charge in [0, 0.05) is 24.4 Å². The molecule has 2 aromatic rings. The minimum Gasteiger partial charge on any atom is -0.481 e. The zero-order chi connectivity index (χ0) is 23.1. The van der Waals surface area contributed by atoms with E-state index in [0.717, 1.165) is 28.7 Å². The molecule has 32 heavy (non-hydrogen) atoms. The maximum absolute atomic E-state index is 12.3. The first-order valence-corrected chi connectivity index (χ1v) is 11.0. The largest absolute Gasteiger partial charge is 0.481 e. The van der Waals surface area contributed by atoms with Gasteiger partial charge in [-0.05, 0) is 35.6 Å². The van der Waals surface area contributed by atoms with E-state index in [4.69, 9.17) is 9.84 Å². The van der Waals surface area contributed by atoms with Gasteiger partial charge >= 0.3 is 12.1 Å². The molecule has 0 radical (unpaired) electrons. The molecule has 170 valence electrons. The zero-order valence-corrected chi connectivity index (χ0v) is 18.5. The van der Waals surface area contributed by atoms with Crippen molar-refractivity contribution in [2.24, 2.45) is 0 Å². The van der Waals surface area contributed by atoms with Crippen molar-refractivity contribution < 1.29 is 24.2 Å². The molecule has 0 heterocycles. The van der Waals surface area contributed by atoms with Crippen molar-refractivity contribution in [3.8, 4) is 11.1 Å². The van der Waals surface area contributed by atoms with Crippen LogP contribution < -0.4 is 10.6 Å². The fraction of sp³-hybridized carbons (Fsp3) is 0.400. The van der Waals surface area contributed by atoms with Gasteiger partial charge in [0.25, 0.3) is 0 Å². The molecular formula is C25H30N2O5. The monoisotopic (exact) mass is 438 g/mol. The Balaban J connectivity index is 1.51. The van der Waals surface area contributed by atoms with Crippen LogP contribution in [0.2, 0.25) is 0 Å². The first-order chi connectivity index (χ1) is 15.4. The number of aliphatic carboxylic acids is 1. The third kappa shape index (κ3) is 5.87. The van der Waals surface area contributed by atoms with Crippen LogP contribution in [0.5, 0.6) is 0 Å². The van der Waals surface area contributed by atoms with E-state index in [1.807, 2.05) is 31.2 Å². The highest BCUT2D eigenvalue weighted by molar-refractivity contribution is 5.80. The van der Waals surface area contributed by atoms with E-state index in [0.29, 0.717) is 6.42 Å². The first kappa shape index (κ1) is 23.3. The number of fused-ring (bicyclic) bond motifs is 3. The molecule has 2 amide bonds. The Bertz CT molecular complexity index is 929. The molecule has 7 heteroatoms. The Kier molecular flexibility index (Phi) is 7.87. The van der Waals surface area contributed by atoms with Gasteiger partial charge in [0.15, 0.2) is 0 Å². The standard InChI is InChI=1S/C25H30N2O5/c1-3-8-17(14-24(29)30)27-23(28)13-16(2)26-25(31)32-15-22-20-11-6-4-9-18(20)19-10-5-7-12-21(19)22/h4-7,9-12,16-17,22H,3,8,13-15H2,1-2H3,(H,26,31)(H,27,28)(H,29,30). The third-order valence-electron chi connectivity index (χ3n) is 5.62. The second-order valence-electron chi connectivity index (χ2n) is 8.23. The Labute approximate surface area is 188 Å². The lowest BCUT2D eigenvalue weighted by Crippen LogP contribution is -2.41. The SMILES string of the molecule is CCCC(CC(=O)O)NC(=O)CC(C)NC(=O)OCC1c2ccccc2-c2ccccc21. The molecule has 3 N–H and O–H groups in total. The van der Waals surface area contributed by atoms with Crippen LogP contribution in [-0.4, -0.2) is 41.8 Å². The molecule has 7 nitrogen and oxygen atoms in total. The fourth-order valence-corrected chi connectivity index (χ4v) is 4.24. The number of carboxylic acid groups (broad SMARTS) is 1. The molecule has 1 aliphatic rings. The maximum Gasteiger partial charge on any atom is 0.407 e. The smallest absolute Gasteiger partial charge is 0.407 e. The lowest BCUT2D eigenvalue weighted by molar-refractivity contribution is -0.137. The van der Waals surface area contributed by atoms with Gasteiger partial charge < -0.3 is 20.5 Å². The first-order valence-electron chi connectivity index (χ1n) is 11.0. The lowest BCUT2D eigenvalue weighted by Gasteiger charge is -2.19. The highest BCUT2D eigenvalue weighted by Crippen LogP contribution is 2.44. The van der Waals surface area contributed by atoms with E-state index in [1.165, 1.54) is 0 Å². The third-order valence-corrected chi connectivity index (χ3v) is 5.62. The van der Waals surface area contributed by atoms with Gasteiger partial charge in [-0.2, -0.15) is 0 Å². The second kappa shape index (κ2) is 10.8. The van der Waals surface area contributed by atoms with E-state index < -0.39 is 24.1 Å². The quantitative estimate of drug-likeness (QED) is 0.519. The van der Waals surface area contributed by atoms with Crippen LogP contribution in [0.15, 0.2) is 48.5 Å². The number of hydrogen-bond donors (Lipinski definition) is 3. The average Bonchev–Trinajstić information content (AvgIpc) is 3.05. The van der Waals surface area contributed by atoms with Gasteiger partial charge in [-0.1, -0.05) is 61.9 Å². The molecule has 2 aromatic carbocycles. The van der Waals surface area contributed by atoms with Crippen LogP contribution in [0.1, 0.15) is 56.6 Å². The Hall–Kier alpha value is -3.35. The van der Waals surface area contributed by atoms with Gasteiger partial charge in [-0.3, -0.25) is 9.59 Å². The summed E-state index contributed by atoms with van der Waals surface area (Å²) in [6.07, 6.45) is 0.707. The summed E-state index contributed by atoms with van der Waals surface area (Å²) in [4.78, 5) is 35.5. The van der Waals surface area contributed by atoms with Crippen LogP contribution in [0, 0.1) is 0 Å². The number of amides is 2. The van der Waals surface area contributed by atoms with E-state index in [2.05, 4.69) is 34.9 Å². The van der Waals surface area contributed by atoms with Crippen LogP contribution in [-0.2, 0) is 14.3 Å². The summed E-state index contributed by atoms with van der Waals surface area (Å²) in [6, 6.07) is 15.4. The van der Waals surface area contributed by atoms with Crippen LogP contribution in [0.3, 0.4) is 0 Å². The van der Waals surface area contributed by atoms with Crippen LogP contribution in [0.4, 0.5) is 4.79 Å². The molecule has 1 aliphatic carbocycles. The van der Waals surface area contributed by atoms with Crippen molar-refractivity contribution in [2.45, 2.75) is 57.5 Å². The highest BCUT2D eigenvalue weighted by atomic mass is 16.5. The molecule has 0 saturated carbocycles. The minimum absolute atomic E-state index is 0.0300. The summed E-state index contributed by atoms with van der Waals surface area (Å²) in [7, 11) is 0. The predicted octanol–water partition coefficient (Wildman–Crippen LogP) is 4.06. The lowest BCUT2D eigenvalue weighted by atomic mass is 9.98. The number of carbonyl (C=O) groups excluding carboxylic acids is 2. The highest BCUT2D eigenvalue weighted by Gasteiger charge is 2.29. The summed E-state index contributed by atoms with van der Waals surface area (Å²) in [5.41, 5.74) is 4.58. The summed E-state index contributed by atoms with van der Waals surface area (Å²) < 4.78 is 5.50. The molecule has 0 aliphatic heterocycles. The number of hydrogen-bond acceptors (Lipinski definition) is 4. The van der Waals surface area contributed by atoms with E-state index in [1.54, 1.807) is 6.92 Å². The predicted molar refractivity (Wildman–Crippen MR) is 121 cm³/mol. The molecule has 2 unspecified atom stereocenters. The van der Waals surface area contributed by atoms with E-state index in [9.17, 15) is 14.4 Å². The molecule has 0 aromatic heterocycles. The molecule has 0 spiro atoms. The van der Waals surface area contributed by atoms with Crippen molar-refractivity contribution in [1.29, 1.82) is 0 Å². The molecule has 2 atom stereocenters. The number of carboxylic acids is 1. The fourth-order valence-electron chi connectivity index (χ4n) is 4.24. The molecule has 0 bridgehead atoms. The van der Waals surface area contributed by atoms with Gasteiger partial charge in [0.1, 0.15) is 6.61 Å². The topological polar surface area (TPSA) is 105 Å². The van der Waals surface area contributed by atoms with E-state index in [-0.39, 0.29) is 31.3 Å². The number of rotatable bonds is 10. The van der Waals surface area contributed by atoms with Gasteiger partial charge in [-0.25, -0.2) is 4.79 Å². The van der Waals surface area contributed by atoms with Crippen molar-refractivity contribution in [3.05, 3.63) is 59.7 Å². The summed E-state index contributed by atoms with van der Waals surface area (Å²) in [6.45, 7) is 3.85. The summed E-state index contributed by atoms with van der Waals surface area (Å²) in [5.74, 6) is -1.28. The molecule has 3 rings (SSSR count). The average molecular weight is 439 g/mol. The zero-order valence-electron chi connectivity index (χ0n) is 18.5.